The molecular weight excluding hydrogens is 454 g/mol. The van der Waals surface area contributed by atoms with Crippen molar-refractivity contribution in [1.29, 1.82) is 0 Å². The lowest BCUT2D eigenvalue weighted by Crippen LogP contribution is -2.50. The number of aromatic amines is 1. The number of H-pyrrole nitrogens is 1. The van der Waals surface area contributed by atoms with Crippen molar-refractivity contribution in [2.75, 3.05) is 23.7 Å². The van der Waals surface area contributed by atoms with Crippen LogP contribution in [0.3, 0.4) is 0 Å². The van der Waals surface area contributed by atoms with Gasteiger partial charge in [0.1, 0.15) is 16.7 Å². The predicted octanol–water partition coefficient (Wildman–Crippen LogP) is 3.60. The molecule has 0 radical (unpaired) electrons. The fourth-order valence-electron chi connectivity index (χ4n) is 5.58. The predicted molar refractivity (Wildman–Crippen MR) is 139 cm³/mol. The van der Waals surface area contributed by atoms with E-state index in [2.05, 4.69) is 33.3 Å². The van der Waals surface area contributed by atoms with Crippen LogP contribution in [-0.2, 0) is 6.42 Å². The highest BCUT2D eigenvalue weighted by molar-refractivity contribution is 6.05. The number of pyridine rings is 1. The highest BCUT2D eigenvalue weighted by Crippen LogP contribution is 2.39. The molecule has 1 saturated heterocycles. The van der Waals surface area contributed by atoms with Gasteiger partial charge in [-0.2, -0.15) is 10.1 Å². The van der Waals surface area contributed by atoms with Crippen LogP contribution < -0.4 is 20.9 Å². The van der Waals surface area contributed by atoms with Crippen molar-refractivity contribution in [3.05, 3.63) is 76.7 Å². The quantitative estimate of drug-likeness (QED) is 0.397. The number of nitrogen functional groups attached to an aromatic ring is 1. The molecule has 9 heteroatoms. The molecule has 1 spiro atoms. The van der Waals surface area contributed by atoms with Gasteiger partial charge in [-0.1, -0.05) is 36.4 Å². The lowest BCUT2D eigenvalue weighted by atomic mass is 9.83. The number of hydrogen-bond donors (Lipinski definition) is 2. The molecule has 1 fully saturated rings. The summed E-state index contributed by atoms with van der Waals surface area (Å²) < 4.78 is 8.12. The summed E-state index contributed by atoms with van der Waals surface area (Å²) >= 11 is 0. The van der Waals surface area contributed by atoms with Crippen molar-refractivity contribution < 1.29 is 4.74 Å². The second-order valence-electron chi connectivity index (χ2n) is 9.62. The molecule has 9 nitrogen and oxygen atoms in total. The number of hydrogen-bond acceptors (Lipinski definition) is 7. The topological polar surface area (TPSA) is 115 Å². The van der Waals surface area contributed by atoms with Crippen molar-refractivity contribution in [2.45, 2.75) is 31.3 Å². The lowest BCUT2D eigenvalue weighted by molar-refractivity contribution is 0.0223. The summed E-state index contributed by atoms with van der Waals surface area (Å²) in [5.41, 5.74) is 8.72. The first-order valence-electron chi connectivity index (χ1n) is 12.2. The van der Waals surface area contributed by atoms with Crippen LogP contribution in [0.1, 0.15) is 24.8 Å². The SMILES string of the molecule is Nc1n[nH]c2c1c(=O)n(-c1ccccc1)c1nc(N3CCC4(CCc5ccccc5O4)CC3)ncc21. The number of fused-ring (bicyclic) bond motifs is 4. The Morgan fingerprint density at radius 2 is 1.78 bits per heavy atom. The summed E-state index contributed by atoms with van der Waals surface area (Å²) in [7, 11) is 0. The van der Waals surface area contributed by atoms with Crippen molar-refractivity contribution in [3.63, 3.8) is 0 Å². The van der Waals surface area contributed by atoms with E-state index in [1.807, 2.05) is 36.4 Å². The Bertz CT molecular complexity index is 1670. The third-order valence-electron chi connectivity index (χ3n) is 7.57. The first kappa shape index (κ1) is 20.9. The molecule has 2 aliphatic rings. The van der Waals surface area contributed by atoms with Gasteiger partial charge in [-0.05, 0) is 36.6 Å². The Balaban J connectivity index is 1.27. The number of para-hydroxylation sites is 2. The molecule has 0 aliphatic carbocycles. The molecule has 7 rings (SSSR count). The fraction of sp³-hybridized carbons (Fsp3) is 0.259. The van der Waals surface area contributed by atoms with Crippen LogP contribution >= 0.6 is 0 Å². The third kappa shape index (κ3) is 3.16. The number of aryl methyl sites for hydroxylation is 1. The maximum atomic E-state index is 13.5. The van der Waals surface area contributed by atoms with E-state index in [0.29, 0.717) is 33.6 Å². The van der Waals surface area contributed by atoms with Gasteiger partial charge in [-0.3, -0.25) is 14.5 Å². The number of rotatable bonds is 2. The van der Waals surface area contributed by atoms with Crippen LogP contribution in [0.25, 0.3) is 27.6 Å². The average Bonchev–Trinajstić information content (AvgIpc) is 3.31. The van der Waals surface area contributed by atoms with E-state index in [1.165, 1.54) is 5.56 Å². The number of benzene rings is 2. The van der Waals surface area contributed by atoms with Crippen LogP contribution in [0.15, 0.2) is 65.6 Å². The number of aromatic nitrogens is 5. The van der Waals surface area contributed by atoms with Gasteiger partial charge in [0.2, 0.25) is 5.95 Å². The first-order chi connectivity index (χ1) is 17.6. The third-order valence-corrected chi connectivity index (χ3v) is 7.57. The summed E-state index contributed by atoms with van der Waals surface area (Å²) in [6.07, 6.45) is 5.60. The summed E-state index contributed by atoms with van der Waals surface area (Å²) in [5.74, 6) is 1.78. The van der Waals surface area contributed by atoms with E-state index in [9.17, 15) is 4.79 Å². The van der Waals surface area contributed by atoms with Gasteiger partial charge < -0.3 is 15.4 Å². The summed E-state index contributed by atoms with van der Waals surface area (Å²) in [6.45, 7) is 1.56. The molecule has 5 heterocycles. The van der Waals surface area contributed by atoms with Crippen LogP contribution in [0.5, 0.6) is 5.75 Å². The van der Waals surface area contributed by atoms with Crippen molar-refractivity contribution in [2.24, 2.45) is 0 Å². The van der Waals surface area contributed by atoms with Crippen molar-refractivity contribution in [1.82, 2.24) is 24.7 Å². The van der Waals surface area contributed by atoms with Gasteiger partial charge in [0.05, 0.1) is 16.6 Å². The Kier molecular flexibility index (Phi) is 4.54. The smallest absolute Gasteiger partial charge is 0.270 e. The first-order valence-corrected chi connectivity index (χ1v) is 12.2. The number of piperidine rings is 1. The van der Waals surface area contributed by atoms with E-state index in [4.69, 9.17) is 20.4 Å². The van der Waals surface area contributed by atoms with Gasteiger partial charge in [-0.15, -0.1) is 0 Å². The van der Waals surface area contributed by atoms with Gasteiger partial charge >= 0.3 is 0 Å². The number of nitrogens with one attached hydrogen (secondary N) is 1. The Hall–Kier alpha value is -4.40. The zero-order chi connectivity index (χ0) is 24.3. The zero-order valence-electron chi connectivity index (χ0n) is 19.6. The monoisotopic (exact) mass is 479 g/mol. The minimum atomic E-state index is -0.258. The maximum Gasteiger partial charge on any atom is 0.270 e. The van der Waals surface area contributed by atoms with E-state index >= 15 is 0 Å². The maximum absolute atomic E-state index is 13.5. The Labute approximate surface area is 206 Å². The largest absolute Gasteiger partial charge is 0.487 e. The average molecular weight is 480 g/mol. The van der Waals surface area contributed by atoms with Gasteiger partial charge in [0.25, 0.3) is 5.56 Å². The standard InChI is InChI=1S/C27H25N7O2/c28-23-21-22(31-32-23)19-16-29-26(30-24(19)34(25(21)35)18-7-2-1-3-8-18)33-14-12-27(13-15-33)11-10-17-6-4-5-9-20(17)36-27/h1-9,16H,10-15H2,(H3,28,31,32). The molecule has 0 saturated carbocycles. The molecule has 0 bridgehead atoms. The molecule has 3 N–H and O–H groups in total. The molecule has 5 aromatic rings. The highest BCUT2D eigenvalue weighted by atomic mass is 16.5. The molecule has 2 aromatic carbocycles. The molecule has 0 unspecified atom stereocenters. The molecular formula is C27H25N7O2. The van der Waals surface area contributed by atoms with E-state index in [1.54, 1.807) is 10.8 Å². The Morgan fingerprint density at radius 3 is 2.61 bits per heavy atom. The summed E-state index contributed by atoms with van der Waals surface area (Å²) in [4.78, 5) is 25.3. The number of anilines is 2. The zero-order valence-corrected chi connectivity index (χ0v) is 19.6. The number of nitrogens with two attached hydrogens (primary N) is 1. The molecule has 0 atom stereocenters. The van der Waals surface area contributed by atoms with E-state index in [-0.39, 0.29) is 17.0 Å². The lowest BCUT2D eigenvalue weighted by Gasteiger charge is -2.44. The minimum absolute atomic E-state index is 0.145. The van der Waals surface area contributed by atoms with E-state index < -0.39 is 0 Å². The van der Waals surface area contributed by atoms with Crippen LogP contribution in [0.4, 0.5) is 11.8 Å². The molecule has 0 amide bonds. The molecule has 36 heavy (non-hydrogen) atoms. The van der Waals surface area contributed by atoms with Crippen LogP contribution in [0, 0.1) is 0 Å². The fourth-order valence-corrected chi connectivity index (χ4v) is 5.58. The number of nitrogens with zero attached hydrogens (tertiary/aromatic N) is 5. The van der Waals surface area contributed by atoms with Gasteiger partial charge in [0.15, 0.2) is 11.5 Å². The molecule has 2 aliphatic heterocycles. The molecule has 180 valence electrons. The van der Waals surface area contributed by atoms with Gasteiger partial charge in [0, 0.05) is 32.1 Å². The van der Waals surface area contributed by atoms with Crippen molar-refractivity contribution >= 4 is 33.7 Å². The summed E-state index contributed by atoms with van der Waals surface area (Å²) in [5, 5.41) is 8.02. The summed E-state index contributed by atoms with van der Waals surface area (Å²) in [6, 6.07) is 17.8. The number of ether oxygens (including phenoxy) is 1. The van der Waals surface area contributed by atoms with E-state index in [0.717, 1.165) is 44.5 Å². The normalized spacial score (nSPS) is 16.8. The van der Waals surface area contributed by atoms with Crippen molar-refractivity contribution in [3.8, 4) is 11.4 Å². The van der Waals surface area contributed by atoms with Gasteiger partial charge in [-0.25, -0.2) is 4.98 Å². The van der Waals surface area contributed by atoms with Crippen LogP contribution in [-0.4, -0.2) is 43.4 Å². The Morgan fingerprint density at radius 1 is 1.00 bits per heavy atom. The second kappa shape index (κ2) is 7.81. The van der Waals surface area contributed by atoms with Crippen LogP contribution in [0.2, 0.25) is 0 Å². The minimum Gasteiger partial charge on any atom is -0.487 e. The second-order valence-corrected chi connectivity index (χ2v) is 9.62. The highest BCUT2D eigenvalue weighted by Gasteiger charge is 2.40. The molecule has 3 aromatic heterocycles.